The Morgan fingerprint density at radius 2 is 2.44 bits per heavy atom. The minimum atomic E-state index is -0.112. The molecule has 0 radical (unpaired) electrons. The Morgan fingerprint density at radius 1 is 1.78 bits per heavy atom. The van der Waals surface area contributed by atoms with Crippen LogP contribution in [0.3, 0.4) is 0 Å². The first-order valence-electron chi connectivity index (χ1n) is 3.01. The maximum absolute atomic E-state index is 10.5. The van der Waals surface area contributed by atoms with E-state index in [1.165, 1.54) is 0 Å². The number of carbonyl (C=O) groups excluding carboxylic acids is 1. The molecule has 0 aromatic heterocycles. The van der Waals surface area contributed by atoms with E-state index in [0.29, 0.717) is 6.42 Å². The standard InChI is InChI=1S/C6H11NO2/c1-2-3-4-6(8)5-7-9/h5,9H,2-4H2,1H3/b7-5-. The van der Waals surface area contributed by atoms with Gasteiger partial charge in [-0.2, -0.15) is 0 Å². The molecule has 0 amide bonds. The third-order valence-corrected chi connectivity index (χ3v) is 0.978. The third kappa shape index (κ3) is 5.00. The minimum absolute atomic E-state index is 0.112. The van der Waals surface area contributed by atoms with Crippen LogP contribution in [0.2, 0.25) is 0 Å². The molecular formula is C6H11NO2. The molecule has 0 bridgehead atoms. The Bertz CT molecular complexity index is 110. The van der Waals surface area contributed by atoms with E-state index in [1.54, 1.807) is 0 Å². The largest absolute Gasteiger partial charge is 0.411 e. The number of carbonyl (C=O) groups is 1. The van der Waals surface area contributed by atoms with Crippen molar-refractivity contribution in [1.82, 2.24) is 0 Å². The second-order valence-electron chi connectivity index (χ2n) is 1.81. The highest BCUT2D eigenvalue weighted by molar-refractivity contribution is 6.27. The fourth-order valence-corrected chi connectivity index (χ4v) is 0.480. The number of oxime groups is 1. The normalized spacial score (nSPS) is 10.3. The molecule has 0 aliphatic carbocycles. The predicted molar refractivity (Wildman–Crippen MR) is 34.8 cm³/mol. The summed E-state index contributed by atoms with van der Waals surface area (Å²) in [7, 11) is 0. The van der Waals surface area contributed by atoms with Crippen molar-refractivity contribution in [2.24, 2.45) is 5.16 Å². The first-order valence-corrected chi connectivity index (χ1v) is 3.01. The molecule has 3 heteroatoms. The molecule has 0 heterocycles. The number of Topliss-reactive ketones (excluding diaryl/α,β-unsaturated/α-hetero) is 1. The van der Waals surface area contributed by atoms with E-state index < -0.39 is 0 Å². The SMILES string of the molecule is CCCCC(=O)/C=N\O. The molecule has 0 atom stereocenters. The van der Waals surface area contributed by atoms with Crippen LogP contribution >= 0.6 is 0 Å². The Kier molecular flexibility index (Phi) is 4.78. The van der Waals surface area contributed by atoms with Crippen LogP contribution in [0.1, 0.15) is 26.2 Å². The summed E-state index contributed by atoms with van der Waals surface area (Å²) in [5.74, 6) is -0.112. The minimum Gasteiger partial charge on any atom is -0.411 e. The monoisotopic (exact) mass is 129 g/mol. The van der Waals surface area contributed by atoms with Crippen molar-refractivity contribution in [1.29, 1.82) is 0 Å². The number of rotatable bonds is 4. The van der Waals surface area contributed by atoms with Crippen molar-refractivity contribution in [2.45, 2.75) is 26.2 Å². The van der Waals surface area contributed by atoms with Gasteiger partial charge in [0.15, 0.2) is 5.78 Å². The van der Waals surface area contributed by atoms with Gasteiger partial charge in [-0.05, 0) is 6.42 Å². The molecule has 0 aromatic carbocycles. The topological polar surface area (TPSA) is 49.7 Å². The molecule has 0 unspecified atom stereocenters. The lowest BCUT2D eigenvalue weighted by Crippen LogP contribution is -1.97. The van der Waals surface area contributed by atoms with Crippen molar-refractivity contribution in [3.05, 3.63) is 0 Å². The Hall–Kier alpha value is -0.860. The highest BCUT2D eigenvalue weighted by atomic mass is 16.4. The van der Waals surface area contributed by atoms with Crippen LogP contribution in [0.5, 0.6) is 0 Å². The number of hydrogen-bond acceptors (Lipinski definition) is 3. The van der Waals surface area contributed by atoms with Gasteiger partial charge in [0.1, 0.15) is 6.21 Å². The van der Waals surface area contributed by atoms with E-state index in [0.717, 1.165) is 19.1 Å². The van der Waals surface area contributed by atoms with Gasteiger partial charge in [0.2, 0.25) is 0 Å². The lowest BCUT2D eigenvalue weighted by Gasteiger charge is -1.87. The second-order valence-corrected chi connectivity index (χ2v) is 1.81. The zero-order valence-electron chi connectivity index (χ0n) is 5.50. The first-order chi connectivity index (χ1) is 4.31. The Balaban J connectivity index is 3.27. The van der Waals surface area contributed by atoms with Crippen LogP contribution in [0.15, 0.2) is 5.16 Å². The number of hydrogen-bond donors (Lipinski definition) is 1. The van der Waals surface area contributed by atoms with Crippen molar-refractivity contribution >= 4 is 12.0 Å². The molecule has 9 heavy (non-hydrogen) atoms. The van der Waals surface area contributed by atoms with Crippen molar-refractivity contribution in [3.8, 4) is 0 Å². The summed E-state index contributed by atoms with van der Waals surface area (Å²) in [5.41, 5.74) is 0. The summed E-state index contributed by atoms with van der Waals surface area (Å²) in [6.45, 7) is 2.00. The molecule has 0 saturated carbocycles. The predicted octanol–water partition coefficient (Wildman–Crippen LogP) is 1.21. The number of unbranched alkanes of at least 4 members (excludes halogenated alkanes) is 1. The summed E-state index contributed by atoms with van der Waals surface area (Å²) < 4.78 is 0. The van der Waals surface area contributed by atoms with Crippen LogP contribution < -0.4 is 0 Å². The summed E-state index contributed by atoms with van der Waals surface area (Å²) in [6, 6.07) is 0. The zero-order chi connectivity index (χ0) is 7.11. The molecule has 0 rings (SSSR count). The van der Waals surface area contributed by atoms with Crippen LogP contribution in [-0.4, -0.2) is 17.2 Å². The second kappa shape index (κ2) is 5.28. The van der Waals surface area contributed by atoms with Crippen molar-refractivity contribution in [3.63, 3.8) is 0 Å². The molecule has 1 N–H and O–H groups in total. The van der Waals surface area contributed by atoms with Crippen LogP contribution in [0, 0.1) is 0 Å². The molecule has 3 nitrogen and oxygen atoms in total. The maximum Gasteiger partial charge on any atom is 0.177 e. The van der Waals surface area contributed by atoms with Crippen molar-refractivity contribution in [2.75, 3.05) is 0 Å². The van der Waals surface area contributed by atoms with E-state index in [-0.39, 0.29) is 5.78 Å². The smallest absolute Gasteiger partial charge is 0.177 e. The third-order valence-electron chi connectivity index (χ3n) is 0.978. The molecular weight excluding hydrogens is 118 g/mol. The van der Waals surface area contributed by atoms with Crippen LogP contribution in [0.25, 0.3) is 0 Å². The van der Waals surface area contributed by atoms with Gasteiger partial charge in [-0.25, -0.2) is 0 Å². The van der Waals surface area contributed by atoms with Gasteiger partial charge < -0.3 is 5.21 Å². The fraction of sp³-hybridized carbons (Fsp3) is 0.667. The van der Waals surface area contributed by atoms with E-state index in [9.17, 15) is 4.79 Å². The van der Waals surface area contributed by atoms with Crippen molar-refractivity contribution < 1.29 is 10.0 Å². The van der Waals surface area contributed by atoms with E-state index in [4.69, 9.17) is 5.21 Å². The lowest BCUT2D eigenvalue weighted by molar-refractivity contribution is -0.112. The summed E-state index contributed by atoms with van der Waals surface area (Å²) in [4.78, 5) is 10.5. The Morgan fingerprint density at radius 3 is 2.89 bits per heavy atom. The average Bonchev–Trinajstić information content (AvgIpc) is 1.85. The van der Waals surface area contributed by atoms with Gasteiger partial charge in [-0.3, -0.25) is 4.79 Å². The van der Waals surface area contributed by atoms with Gasteiger partial charge in [0.25, 0.3) is 0 Å². The Labute approximate surface area is 54.4 Å². The van der Waals surface area contributed by atoms with Crippen LogP contribution in [0.4, 0.5) is 0 Å². The summed E-state index contributed by atoms with van der Waals surface area (Å²) in [6.07, 6.45) is 3.28. The summed E-state index contributed by atoms with van der Waals surface area (Å²) >= 11 is 0. The average molecular weight is 129 g/mol. The lowest BCUT2D eigenvalue weighted by atomic mass is 10.2. The van der Waals surface area contributed by atoms with E-state index in [1.807, 2.05) is 6.92 Å². The quantitative estimate of drug-likeness (QED) is 0.352. The van der Waals surface area contributed by atoms with Gasteiger partial charge in [0, 0.05) is 6.42 Å². The zero-order valence-corrected chi connectivity index (χ0v) is 5.50. The van der Waals surface area contributed by atoms with Crippen LogP contribution in [-0.2, 0) is 4.79 Å². The molecule has 0 aliphatic heterocycles. The van der Waals surface area contributed by atoms with Gasteiger partial charge in [-0.1, -0.05) is 18.5 Å². The van der Waals surface area contributed by atoms with Gasteiger partial charge >= 0.3 is 0 Å². The molecule has 0 aromatic rings. The first kappa shape index (κ1) is 8.14. The van der Waals surface area contributed by atoms with Gasteiger partial charge in [-0.15, -0.1) is 0 Å². The van der Waals surface area contributed by atoms with E-state index >= 15 is 0 Å². The maximum atomic E-state index is 10.5. The molecule has 0 saturated heterocycles. The van der Waals surface area contributed by atoms with E-state index in [2.05, 4.69) is 5.16 Å². The highest BCUT2D eigenvalue weighted by Gasteiger charge is 1.94. The highest BCUT2D eigenvalue weighted by Crippen LogP contribution is 1.92. The molecule has 0 aliphatic rings. The summed E-state index contributed by atoms with van der Waals surface area (Å²) in [5, 5.41) is 10.5. The molecule has 0 spiro atoms. The fourth-order valence-electron chi connectivity index (χ4n) is 0.480. The van der Waals surface area contributed by atoms with Gasteiger partial charge in [0.05, 0.1) is 0 Å². The molecule has 52 valence electrons. The number of nitrogens with zero attached hydrogens (tertiary/aromatic N) is 1. The number of ketones is 1. The molecule has 0 fully saturated rings.